The Labute approximate surface area is 283 Å². The van der Waals surface area contributed by atoms with Crippen molar-refractivity contribution in [2.75, 3.05) is 6.54 Å². The molecule has 0 saturated carbocycles. The van der Waals surface area contributed by atoms with Gasteiger partial charge in [-0.05, 0) is 55.4 Å². The minimum atomic E-state index is -1.08. The van der Waals surface area contributed by atoms with Crippen LogP contribution in [0.15, 0.2) is 54.6 Å². The van der Waals surface area contributed by atoms with Crippen molar-refractivity contribution in [3.05, 3.63) is 65.7 Å². The molecule has 258 valence electrons. The lowest BCUT2D eigenvalue weighted by Gasteiger charge is -2.38. The monoisotopic (exact) mass is 659 g/mol. The summed E-state index contributed by atoms with van der Waals surface area (Å²) in [6, 6.07) is 17.0. The van der Waals surface area contributed by atoms with E-state index >= 15 is 0 Å². The summed E-state index contributed by atoms with van der Waals surface area (Å²) < 4.78 is 17.9. The molecule has 1 aliphatic heterocycles. The third-order valence-electron chi connectivity index (χ3n) is 9.07. The standard InChI is InChI=1S/C39H49NO8/c1-23(41)46-34-27-19-20-39(8,9)48-32(27)25-17-13-14-18-26(25)33(34)47-30(42)22-40-35(43)28(31(36(44)45)38(5,6)7)21-29(37(2,3)4)24-15-11-10-12-16-24/h10-18,28-29,31H,19-22H2,1-9H3,(H,40,43)(H,44,45). The predicted octanol–water partition coefficient (Wildman–Crippen LogP) is 7.47. The summed E-state index contributed by atoms with van der Waals surface area (Å²) in [6.07, 6.45) is 1.43. The Kier molecular flexibility index (Phi) is 10.6. The van der Waals surface area contributed by atoms with Crippen molar-refractivity contribution in [3.63, 3.8) is 0 Å². The zero-order valence-electron chi connectivity index (χ0n) is 29.6. The van der Waals surface area contributed by atoms with Gasteiger partial charge >= 0.3 is 17.9 Å². The molecule has 0 aliphatic carbocycles. The van der Waals surface area contributed by atoms with Gasteiger partial charge in [-0.2, -0.15) is 0 Å². The van der Waals surface area contributed by atoms with Crippen molar-refractivity contribution in [1.82, 2.24) is 5.32 Å². The average Bonchev–Trinajstić information content (AvgIpc) is 2.97. The van der Waals surface area contributed by atoms with Crippen LogP contribution >= 0.6 is 0 Å². The van der Waals surface area contributed by atoms with Crippen LogP contribution in [-0.2, 0) is 25.6 Å². The molecule has 3 unspecified atom stereocenters. The predicted molar refractivity (Wildman–Crippen MR) is 184 cm³/mol. The van der Waals surface area contributed by atoms with Gasteiger partial charge in [-0.25, -0.2) is 4.79 Å². The minimum Gasteiger partial charge on any atom is -0.487 e. The van der Waals surface area contributed by atoms with Crippen molar-refractivity contribution < 1.29 is 38.5 Å². The number of rotatable bonds is 10. The van der Waals surface area contributed by atoms with E-state index in [2.05, 4.69) is 26.1 Å². The Morgan fingerprint density at radius 3 is 2.04 bits per heavy atom. The van der Waals surface area contributed by atoms with Gasteiger partial charge in [0.15, 0.2) is 11.5 Å². The smallest absolute Gasteiger partial charge is 0.330 e. The first kappa shape index (κ1) is 36.4. The molecule has 0 fully saturated rings. The third-order valence-corrected chi connectivity index (χ3v) is 9.07. The van der Waals surface area contributed by atoms with Crippen LogP contribution in [0.3, 0.4) is 0 Å². The van der Waals surface area contributed by atoms with Crippen LogP contribution in [-0.4, -0.2) is 41.1 Å². The molecule has 0 saturated heterocycles. The highest BCUT2D eigenvalue weighted by Gasteiger charge is 2.44. The second-order valence-electron chi connectivity index (χ2n) is 15.5. The number of carbonyl (C=O) groups is 4. The van der Waals surface area contributed by atoms with Crippen LogP contribution in [0.5, 0.6) is 17.2 Å². The van der Waals surface area contributed by atoms with E-state index in [-0.39, 0.29) is 29.3 Å². The van der Waals surface area contributed by atoms with Crippen LogP contribution in [0.4, 0.5) is 0 Å². The molecule has 9 nitrogen and oxygen atoms in total. The number of esters is 2. The molecule has 1 aliphatic rings. The maximum absolute atomic E-state index is 14.0. The zero-order valence-corrected chi connectivity index (χ0v) is 29.6. The molecule has 2 N–H and O–H groups in total. The molecule has 3 atom stereocenters. The summed E-state index contributed by atoms with van der Waals surface area (Å²) in [5.41, 5.74) is 0.128. The van der Waals surface area contributed by atoms with Crippen LogP contribution in [0.1, 0.15) is 92.2 Å². The van der Waals surface area contributed by atoms with Gasteiger partial charge in [-0.3, -0.25) is 14.4 Å². The summed E-state index contributed by atoms with van der Waals surface area (Å²) in [7, 11) is 0. The molecule has 0 aromatic heterocycles. The summed E-state index contributed by atoms with van der Waals surface area (Å²) >= 11 is 0. The molecule has 1 heterocycles. The summed E-state index contributed by atoms with van der Waals surface area (Å²) in [6.45, 7) is 16.3. The molecule has 3 aromatic carbocycles. The highest BCUT2D eigenvalue weighted by molar-refractivity contribution is 6.00. The van der Waals surface area contributed by atoms with Gasteiger partial charge < -0.3 is 24.6 Å². The molecule has 48 heavy (non-hydrogen) atoms. The van der Waals surface area contributed by atoms with E-state index in [1.807, 2.05) is 56.3 Å². The van der Waals surface area contributed by atoms with Gasteiger partial charge in [-0.15, -0.1) is 0 Å². The topological polar surface area (TPSA) is 128 Å². The molecular formula is C39H49NO8. The fraction of sp³-hybridized carbons (Fsp3) is 0.487. The lowest BCUT2D eigenvalue weighted by Crippen LogP contribution is -2.46. The fourth-order valence-electron chi connectivity index (χ4n) is 6.76. The minimum absolute atomic E-state index is 0.0635. The van der Waals surface area contributed by atoms with Crippen LogP contribution < -0.4 is 19.5 Å². The number of carbonyl (C=O) groups excluding carboxylic acids is 3. The summed E-state index contributed by atoms with van der Waals surface area (Å²) in [4.78, 5) is 52.4. The molecule has 9 heteroatoms. The number of amides is 1. The van der Waals surface area contributed by atoms with Gasteiger partial charge in [0, 0.05) is 23.3 Å². The maximum atomic E-state index is 14.0. The SMILES string of the molecule is CC(=O)Oc1c2c(c3ccccc3c1OC(=O)CNC(=O)C(CC(c1ccccc1)C(C)(C)C)C(C(=O)O)C(C)(C)C)OC(C)(C)CC2. The Morgan fingerprint density at radius 1 is 0.875 bits per heavy atom. The number of hydrogen-bond donors (Lipinski definition) is 2. The maximum Gasteiger partial charge on any atom is 0.330 e. The van der Waals surface area contributed by atoms with E-state index in [1.54, 1.807) is 32.9 Å². The zero-order chi connectivity index (χ0) is 35.6. The number of fused-ring (bicyclic) bond motifs is 3. The average molecular weight is 660 g/mol. The van der Waals surface area contributed by atoms with Gasteiger partial charge in [0.1, 0.15) is 17.9 Å². The molecular weight excluding hydrogens is 610 g/mol. The Bertz CT molecular complexity index is 1680. The van der Waals surface area contributed by atoms with E-state index in [0.29, 0.717) is 34.9 Å². The fourth-order valence-corrected chi connectivity index (χ4v) is 6.76. The molecule has 1 amide bonds. The van der Waals surface area contributed by atoms with E-state index in [0.717, 1.165) is 5.56 Å². The van der Waals surface area contributed by atoms with Gasteiger partial charge in [-0.1, -0.05) is 96.1 Å². The van der Waals surface area contributed by atoms with Gasteiger partial charge in [0.05, 0.1) is 11.8 Å². The van der Waals surface area contributed by atoms with Gasteiger partial charge in [0.25, 0.3) is 0 Å². The first-order valence-corrected chi connectivity index (χ1v) is 16.5. The van der Waals surface area contributed by atoms with Crippen LogP contribution in [0, 0.1) is 22.7 Å². The first-order chi connectivity index (χ1) is 22.3. The molecule has 0 spiro atoms. The summed E-state index contributed by atoms with van der Waals surface area (Å²) in [5.74, 6) is -4.40. The molecule has 3 aromatic rings. The number of aliphatic carboxylic acids is 1. The third kappa shape index (κ3) is 8.35. The number of ether oxygens (including phenoxy) is 3. The van der Waals surface area contributed by atoms with E-state index in [9.17, 15) is 24.3 Å². The van der Waals surface area contributed by atoms with E-state index in [4.69, 9.17) is 14.2 Å². The largest absolute Gasteiger partial charge is 0.487 e. The number of nitrogens with one attached hydrogen (secondary N) is 1. The second kappa shape index (κ2) is 14.0. The lowest BCUT2D eigenvalue weighted by molar-refractivity contribution is -0.153. The van der Waals surface area contributed by atoms with Gasteiger partial charge in [0.2, 0.25) is 5.91 Å². The second-order valence-corrected chi connectivity index (χ2v) is 15.5. The van der Waals surface area contributed by atoms with Crippen molar-refractivity contribution in [3.8, 4) is 17.2 Å². The Hall–Kier alpha value is -4.40. The quantitative estimate of drug-likeness (QED) is 0.169. The van der Waals surface area contributed by atoms with Crippen molar-refractivity contribution in [2.45, 2.75) is 93.1 Å². The Morgan fingerprint density at radius 2 is 1.48 bits per heavy atom. The van der Waals surface area contributed by atoms with E-state index in [1.165, 1.54) is 6.92 Å². The van der Waals surface area contributed by atoms with Crippen LogP contribution in [0.2, 0.25) is 0 Å². The molecule has 0 radical (unpaired) electrons. The summed E-state index contributed by atoms with van der Waals surface area (Å²) in [5, 5.41) is 14.3. The number of benzene rings is 3. The molecule has 4 rings (SSSR count). The lowest BCUT2D eigenvalue weighted by atomic mass is 9.65. The number of carboxylic acids is 1. The highest BCUT2D eigenvalue weighted by atomic mass is 16.6. The number of hydrogen-bond acceptors (Lipinski definition) is 7. The Balaban J connectivity index is 1.67. The van der Waals surface area contributed by atoms with Crippen molar-refractivity contribution >= 4 is 34.6 Å². The van der Waals surface area contributed by atoms with Crippen LogP contribution in [0.25, 0.3) is 10.8 Å². The highest BCUT2D eigenvalue weighted by Crippen LogP contribution is 2.50. The van der Waals surface area contributed by atoms with Crippen molar-refractivity contribution in [2.24, 2.45) is 22.7 Å². The van der Waals surface area contributed by atoms with E-state index < -0.39 is 53.2 Å². The molecule has 0 bridgehead atoms. The van der Waals surface area contributed by atoms with Crippen molar-refractivity contribution in [1.29, 1.82) is 0 Å². The number of carboxylic acid groups (broad SMARTS) is 1. The first-order valence-electron chi connectivity index (χ1n) is 16.5. The normalized spacial score (nSPS) is 16.1.